The molecule has 1 aromatic rings. The van der Waals surface area contributed by atoms with Gasteiger partial charge < -0.3 is 4.74 Å². The number of fused-ring (bicyclic) bond motifs is 1. The first-order valence-electron chi connectivity index (χ1n) is 4.48. The lowest BCUT2D eigenvalue weighted by Crippen LogP contribution is -2.30. The number of ether oxygens (including phenoxy) is 1. The summed E-state index contributed by atoms with van der Waals surface area (Å²) in [5.74, 6) is -1.48. The van der Waals surface area contributed by atoms with Gasteiger partial charge in [0.1, 0.15) is 0 Å². The fourth-order valence-corrected chi connectivity index (χ4v) is 1.68. The third kappa shape index (κ3) is 1.73. The first-order valence-corrected chi connectivity index (χ1v) is 4.48. The van der Waals surface area contributed by atoms with E-state index >= 15 is 0 Å². The SMILES string of the molecule is Cc1ccc2c(c1)COC(C)(F)C2. The number of alkyl halides is 1. The van der Waals surface area contributed by atoms with Gasteiger partial charge in [-0.3, -0.25) is 0 Å². The summed E-state index contributed by atoms with van der Waals surface area (Å²) in [4.78, 5) is 0. The van der Waals surface area contributed by atoms with Crippen molar-refractivity contribution in [1.29, 1.82) is 0 Å². The molecule has 0 bridgehead atoms. The Morgan fingerprint density at radius 3 is 2.92 bits per heavy atom. The van der Waals surface area contributed by atoms with Crippen LogP contribution in [-0.2, 0) is 17.8 Å². The Morgan fingerprint density at radius 2 is 2.15 bits per heavy atom. The van der Waals surface area contributed by atoms with Gasteiger partial charge in [0.05, 0.1) is 6.61 Å². The van der Waals surface area contributed by atoms with Crippen LogP contribution in [-0.4, -0.2) is 5.85 Å². The Kier molecular flexibility index (Phi) is 1.88. The van der Waals surface area contributed by atoms with Gasteiger partial charge >= 0.3 is 0 Å². The van der Waals surface area contributed by atoms with Crippen LogP contribution in [0.1, 0.15) is 23.6 Å². The van der Waals surface area contributed by atoms with E-state index in [1.54, 1.807) is 0 Å². The second kappa shape index (κ2) is 2.81. The van der Waals surface area contributed by atoms with Crippen LogP contribution in [0.4, 0.5) is 4.39 Å². The Labute approximate surface area is 77.5 Å². The smallest absolute Gasteiger partial charge is 0.210 e. The third-order valence-corrected chi connectivity index (χ3v) is 2.40. The molecule has 1 atom stereocenters. The number of halogens is 1. The molecule has 0 fully saturated rings. The molecular formula is C11H13FO. The molecule has 0 saturated heterocycles. The Balaban J connectivity index is 2.37. The van der Waals surface area contributed by atoms with Crippen LogP contribution in [0.5, 0.6) is 0 Å². The monoisotopic (exact) mass is 180 g/mol. The van der Waals surface area contributed by atoms with Crippen LogP contribution in [0.2, 0.25) is 0 Å². The Bertz CT molecular complexity index is 331. The van der Waals surface area contributed by atoms with Crippen LogP contribution in [0.3, 0.4) is 0 Å². The van der Waals surface area contributed by atoms with Crippen LogP contribution in [0, 0.1) is 6.92 Å². The Morgan fingerprint density at radius 1 is 1.38 bits per heavy atom. The minimum Gasteiger partial charge on any atom is -0.341 e. The molecule has 0 radical (unpaired) electrons. The molecule has 0 saturated carbocycles. The highest BCUT2D eigenvalue weighted by atomic mass is 19.2. The molecule has 1 heterocycles. The van der Waals surface area contributed by atoms with E-state index in [4.69, 9.17) is 4.74 Å². The maximum Gasteiger partial charge on any atom is 0.210 e. The molecule has 0 aliphatic carbocycles. The highest BCUT2D eigenvalue weighted by molar-refractivity contribution is 5.33. The molecule has 1 aromatic carbocycles. The van der Waals surface area contributed by atoms with Gasteiger partial charge in [-0.25, -0.2) is 4.39 Å². The highest BCUT2D eigenvalue weighted by Crippen LogP contribution is 2.29. The van der Waals surface area contributed by atoms with Gasteiger partial charge in [0, 0.05) is 6.42 Å². The molecule has 13 heavy (non-hydrogen) atoms. The van der Waals surface area contributed by atoms with E-state index in [1.807, 2.05) is 19.1 Å². The fraction of sp³-hybridized carbons (Fsp3) is 0.455. The standard InChI is InChI=1S/C11H13FO/c1-8-3-4-9-6-11(2,12)13-7-10(9)5-8/h3-5H,6-7H2,1-2H3. The average Bonchev–Trinajstić information content (AvgIpc) is 2.05. The molecule has 0 amide bonds. The lowest BCUT2D eigenvalue weighted by atomic mass is 9.97. The van der Waals surface area contributed by atoms with Crippen LogP contribution in [0.15, 0.2) is 18.2 Å². The van der Waals surface area contributed by atoms with E-state index < -0.39 is 5.85 Å². The minimum absolute atomic E-state index is 0.364. The zero-order valence-corrected chi connectivity index (χ0v) is 7.93. The van der Waals surface area contributed by atoms with Crippen molar-refractivity contribution in [1.82, 2.24) is 0 Å². The quantitative estimate of drug-likeness (QED) is 0.596. The summed E-state index contributed by atoms with van der Waals surface area (Å²) in [6.07, 6.45) is 0.364. The van der Waals surface area contributed by atoms with Crippen molar-refractivity contribution in [2.24, 2.45) is 0 Å². The second-order valence-corrected chi connectivity index (χ2v) is 3.84. The van der Waals surface area contributed by atoms with Crippen molar-refractivity contribution >= 4 is 0 Å². The number of hydrogen-bond acceptors (Lipinski definition) is 1. The first kappa shape index (κ1) is 8.70. The summed E-state index contributed by atoms with van der Waals surface area (Å²) in [7, 11) is 0. The predicted octanol–water partition coefficient (Wildman–Crippen LogP) is 2.75. The molecule has 0 N–H and O–H groups in total. The zero-order valence-electron chi connectivity index (χ0n) is 7.93. The second-order valence-electron chi connectivity index (χ2n) is 3.84. The van der Waals surface area contributed by atoms with Crippen molar-refractivity contribution in [3.8, 4) is 0 Å². The van der Waals surface area contributed by atoms with Gasteiger partial charge in [-0.15, -0.1) is 0 Å². The minimum atomic E-state index is -1.48. The van der Waals surface area contributed by atoms with E-state index in [-0.39, 0.29) is 0 Å². The molecule has 0 aromatic heterocycles. The van der Waals surface area contributed by atoms with E-state index in [2.05, 4.69) is 6.07 Å². The normalized spacial score (nSPS) is 27.0. The predicted molar refractivity (Wildman–Crippen MR) is 49.2 cm³/mol. The van der Waals surface area contributed by atoms with Crippen molar-refractivity contribution in [2.75, 3.05) is 0 Å². The summed E-state index contributed by atoms with van der Waals surface area (Å²) < 4.78 is 18.5. The van der Waals surface area contributed by atoms with Gasteiger partial charge in [0.2, 0.25) is 5.85 Å². The molecule has 1 unspecified atom stereocenters. The summed E-state index contributed by atoms with van der Waals surface area (Å²) in [6, 6.07) is 6.07. The van der Waals surface area contributed by atoms with Crippen molar-refractivity contribution in [2.45, 2.75) is 32.7 Å². The number of hydrogen-bond donors (Lipinski definition) is 0. The number of benzene rings is 1. The molecule has 2 heteroatoms. The maximum atomic E-state index is 13.4. The highest BCUT2D eigenvalue weighted by Gasteiger charge is 2.29. The molecular weight excluding hydrogens is 167 g/mol. The van der Waals surface area contributed by atoms with Gasteiger partial charge in [-0.05, 0) is 25.0 Å². The van der Waals surface area contributed by atoms with Crippen LogP contribution in [0.25, 0.3) is 0 Å². The number of rotatable bonds is 0. The summed E-state index contributed by atoms with van der Waals surface area (Å²) in [5, 5.41) is 0. The summed E-state index contributed by atoms with van der Waals surface area (Å²) in [6.45, 7) is 3.91. The van der Waals surface area contributed by atoms with Gasteiger partial charge in [0.25, 0.3) is 0 Å². The molecule has 70 valence electrons. The molecule has 1 aliphatic rings. The van der Waals surface area contributed by atoms with Gasteiger partial charge in [0.15, 0.2) is 0 Å². The molecule has 2 rings (SSSR count). The van der Waals surface area contributed by atoms with E-state index in [1.165, 1.54) is 12.5 Å². The van der Waals surface area contributed by atoms with Gasteiger partial charge in [-0.2, -0.15) is 0 Å². The third-order valence-electron chi connectivity index (χ3n) is 2.40. The molecule has 1 nitrogen and oxygen atoms in total. The largest absolute Gasteiger partial charge is 0.341 e. The summed E-state index contributed by atoms with van der Waals surface area (Å²) >= 11 is 0. The van der Waals surface area contributed by atoms with Crippen molar-refractivity contribution < 1.29 is 9.13 Å². The molecule has 1 aliphatic heterocycles. The van der Waals surface area contributed by atoms with Crippen molar-refractivity contribution in [3.63, 3.8) is 0 Å². The first-order chi connectivity index (χ1) is 6.07. The van der Waals surface area contributed by atoms with Crippen LogP contribution >= 0.6 is 0 Å². The van der Waals surface area contributed by atoms with Gasteiger partial charge in [-0.1, -0.05) is 23.8 Å². The van der Waals surface area contributed by atoms with E-state index in [0.29, 0.717) is 13.0 Å². The zero-order chi connectivity index (χ0) is 9.47. The summed E-state index contributed by atoms with van der Waals surface area (Å²) in [5.41, 5.74) is 3.39. The average molecular weight is 180 g/mol. The maximum absolute atomic E-state index is 13.4. The lowest BCUT2D eigenvalue weighted by molar-refractivity contribution is -0.147. The van der Waals surface area contributed by atoms with Crippen molar-refractivity contribution in [3.05, 3.63) is 34.9 Å². The number of aryl methyl sites for hydroxylation is 1. The van der Waals surface area contributed by atoms with E-state index in [9.17, 15) is 4.39 Å². The Hall–Kier alpha value is -0.890. The van der Waals surface area contributed by atoms with E-state index in [0.717, 1.165) is 11.1 Å². The molecule has 0 spiro atoms. The fourth-order valence-electron chi connectivity index (χ4n) is 1.68. The lowest BCUT2D eigenvalue weighted by Gasteiger charge is -2.28. The topological polar surface area (TPSA) is 9.23 Å². The van der Waals surface area contributed by atoms with Crippen LogP contribution < -0.4 is 0 Å².